The highest BCUT2D eigenvalue weighted by atomic mass is 32.1. The van der Waals surface area contributed by atoms with Gasteiger partial charge in [0.05, 0.1) is 43.3 Å². The molecular weight excluding hydrogens is 831 g/mol. The van der Waals surface area contributed by atoms with E-state index in [4.69, 9.17) is 53.9 Å². The molecule has 0 amide bonds. The van der Waals surface area contributed by atoms with E-state index in [1.807, 2.05) is 39.9 Å². The van der Waals surface area contributed by atoms with Gasteiger partial charge in [-0.2, -0.15) is 0 Å². The van der Waals surface area contributed by atoms with E-state index in [1.54, 1.807) is 21.3 Å². The molecule has 3 aliphatic carbocycles. The molecule has 2 aromatic rings. The molecule has 4 unspecified atom stereocenters. The second-order valence-electron chi connectivity index (χ2n) is 19.9. The molecule has 9 rings (SSSR count). The Morgan fingerprint density at radius 3 is 2.47 bits per heavy atom. The average molecular weight is 904 g/mol. The number of allylic oxidation sites excluding steroid dienone is 4. The highest BCUT2D eigenvalue weighted by molar-refractivity contribution is 7.98. The molecule has 3 fully saturated rings. The van der Waals surface area contributed by atoms with Gasteiger partial charge < -0.3 is 48.5 Å². The minimum absolute atomic E-state index is 0.0445. The van der Waals surface area contributed by atoms with Gasteiger partial charge in [0.1, 0.15) is 23.0 Å². The van der Waals surface area contributed by atoms with E-state index in [0.29, 0.717) is 30.2 Å². The highest BCUT2D eigenvalue weighted by Gasteiger charge is 2.54. The first-order chi connectivity index (χ1) is 31.0. The average Bonchev–Trinajstić information content (AvgIpc) is 4.02. The van der Waals surface area contributed by atoms with Crippen LogP contribution in [0.2, 0.25) is 0 Å². The molecule has 4 aliphatic heterocycles. The van der Waals surface area contributed by atoms with Crippen LogP contribution >= 0.6 is 10.9 Å². The predicted octanol–water partition coefficient (Wildman–Crippen LogP) is 7.51. The number of hydrogen-bond donors (Lipinski definition) is 1. The Morgan fingerprint density at radius 1 is 0.922 bits per heavy atom. The van der Waals surface area contributed by atoms with Crippen LogP contribution in [0.5, 0.6) is 0 Å². The van der Waals surface area contributed by atoms with E-state index in [1.165, 1.54) is 16.1 Å². The number of aromatic nitrogens is 3. The number of nitrogen functional groups attached to an aromatic ring is 1. The molecule has 17 atom stereocenters. The van der Waals surface area contributed by atoms with Gasteiger partial charge in [0.25, 0.3) is 0 Å². The molecule has 5 heterocycles. The van der Waals surface area contributed by atoms with Crippen molar-refractivity contribution < 1.29 is 37.9 Å². The Hall–Kier alpha value is -2.76. The van der Waals surface area contributed by atoms with Crippen molar-refractivity contribution >= 4 is 32.2 Å². The minimum Gasteiger partial charge on any atom is -0.399 e. The lowest BCUT2D eigenvalue weighted by Crippen LogP contribution is -2.48. The van der Waals surface area contributed by atoms with Crippen LogP contribution in [-0.4, -0.2) is 133 Å². The van der Waals surface area contributed by atoms with Gasteiger partial charge in [-0.25, -0.2) is 4.68 Å². The largest absolute Gasteiger partial charge is 0.399 e. The van der Waals surface area contributed by atoms with Crippen molar-refractivity contribution in [1.29, 1.82) is 0 Å². The van der Waals surface area contributed by atoms with Gasteiger partial charge in [-0.15, -0.1) is 16.0 Å². The van der Waals surface area contributed by atoms with Crippen LogP contribution in [0.3, 0.4) is 0 Å². The third kappa shape index (κ3) is 9.14. The molecule has 1 saturated carbocycles. The van der Waals surface area contributed by atoms with Crippen molar-refractivity contribution in [3.8, 4) is 11.3 Å². The number of likely N-dealkylation sites (N-methyl/N-ethyl adjacent to an activating group) is 1. The second kappa shape index (κ2) is 19.8. The second-order valence-corrected chi connectivity index (χ2v) is 21.0. The summed E-state index contributed by atoms with van der Waals surface area (Å²) in [6, 6.07) is 8.27. The van der Waals surface area contributed by atoms with Gasteiger partial charge in [0.15, 0.2) is 12.6 Å². The summed E-state index contributed by atoms with van der Waals surface area (Å²) in [5.41, 5.74) is 11.3. The summed E-state index contributed by atoms with van der Waals surface area (Å²) in [5, 5.41) is 10.7. The number of nitrogens with two attached hydrogens (primary N) is 1. The highest BCUT2D eigenvalue weighted by Crippen LogP contribution is 2.58. The predicted molar refractivity (Wildman–Crippen MR) is 251 cm³/mol. The van der Waals surface area contributed by atoms with E-state index in [9.17, 15) is 0 Å². The molecular formula is C50H73N5O8S. The molecule has 2 saturated heterocycles. The third-order valence-corrected chi connectivity index (χ3v) is 17.1. The van der Waals surface area contributed by atoms with Crippen LogP contribution in [0.15, 0.2) is 48.2 Å². The Kier molecular flexibility index (Phi) is 14.4. The van der Waals surface area contributed by atoms with Crippen LogP contribution < -0.4 is 5.73 Å². The van der Waals surface area contributed by atoms with E-state index in [0.717, 1.165) is 74.1 Å². The fourth-order valence-corrected chi connectivity index (χ4v) is 13.8. The van der Waals surface area contributed by atoms with Crippen LogP contribution in [0, 0.1) is 41.4 Å². The van der Waals surface area contributed by atoms with Crippen molar-refractivity contribution in [2.45, 2.75) is 147 Å². The Morgan fingerprint density at radius 2 is 1.73 bits per heavy atom. The number of hydrogen-bond acceptors (Lipinski definition) is 12. The maximum atomic E-state index is 7.10. The minimum atomic E-state index is -0.605. The normalized spacial score (nSPS) is 40.2. The molecule has 1 aromatic heterocycles. The molecule has 7 aliphatic rings. The zero-order chi connectivity index (χ0) is 44.8. The Balaban J connectivity index is 1.05. The van der Waals surface area contributed by atoms with Gasteiger partial charge in [0, 0.05) is 73.4 Å². The number of fused-ring (bicyclic) bond motifs is 6. The van der Waals surface area contributed by atoms with Crippen molar-refractivity contribution in [3.05, 3.63) is 48.2 Å². The number of methoxy groups -OCH3 is 3. The fraction of sp³-hybridized carbons (Fsp3) is 0.720. The summed E-state index contributed by atoms with van der Waals surface area (Å²) in [4.78, 5) is 3.69. The van der Waals surface area contributed by atoms with E-state index in [2.05, 4.69) is 65.0 Å². The maximum absolute atomic E-state index is 7.10. The van der Waals surface area contributed by atoms with E-state index >= 15 is 0 Å². The molecule has 0 radical (unpaired) electrons. The lowest BCUT2D eigenvalue weighted by molar-refractivity contribution is -0.237. The summed E-state index contributed by atoms with van der Waals surface area (Å²) in [6.45, 7) is 9.46. The molecule has 2 bridgehead atoms. The number of anilines is 1. The van der Waals surface area contributed by atoms with Gasteiger partial charge in [-0.3, -0.25) is 0 Å². The van der Waals surface area contributed by atoms with Crippen molar-refractivity contribution in [2.24, 2.45) is 41.4 Å². The summed E-state index contributed by atoms with van der Waals surface area (Å²) in [6.07, 6.45) is 14.4. The van der Waals surface area contributed by atoms with Crippen LogP contribution in [0.25, 0.3) is 17.0 Å². The molecule has 64 heavy (non-hydrogen) atoms. The van der Waals surface area contributed by atoms with Crippen LogP contribution in [0.4, 0.5) is 5.69 Å². The molecule has 1 aromatic carbocycles. The van der Waals surface area contributed by atoms with Gasteiger partial charge in [-0.05, 0) is 114 Å². The lowest BCUT2D eigenvalue weighted by Gasteiger charge is -2.41. The summed E-state index contributed by atoms with van der Waals surface area (Å²) in [5.74, 6) is 1.61. The molecule has 14 heteroatoms. The zero-order valence-electron chi connectivity index (χ0n) is 39.5. The monoisotopic (exact) mass is 904 g/mol. The summed E-state index contributed by atoms with van der Waals surface area (Å²) >= 11 is 0. The number of rotatable bonds is 11. The van der Waals surface area contributed by atoms with E-state index < -0.39 is 12.4 Å². The Bertz CT molecular complexity index is 2090. The van der Waals surface area contributed by atoms with Gasteiger partial charge in [0.2, 0.25) is 0 Å². The topological polar surface area (TPSA) is 134 Å². The molecule has 2 N–H and O–H groups in total. The molecule has 13 nitrogen and oxygen atoms in total. The summed E-state index contributed by atoms with van der Waals surface area (Å²) < 4.78 is 54.4. The number of nitrogens with zero attached hydrogens (tertiary/aromatic N) is 4. The van der Waals surface area contributed by atoms with E-state index in [-0.39, 0.29) is 72.5 Å². The number of benzene rings is 1. The van der Waals surface area contributed by atoms with Crippen molar-refractivity contribution in [1.82, 2.24) is 19.9 Å². The fourth-order valence-electron chi connectivity index (χ4n) is 12.5. The lowest BCUT2D eigenvalue weighted by atomic mass is 9.69. The molecule has 0 spiro atoms. The SMILES string of the molecule is CC[C@H]1CCC[C@H](O[C@H]2CC[C@H](N(C)C)C(C)O2)[C@@H](C)C2=S=C(C[C@@H]3C2=C[C@@H]2[C@H]3C=C(n3cc(-c4cccc(N)c4)nn3)[C@@H]3C[C@@H](O[C@@H]4OCC(C)[C@H](OC)C(OC)C4OC)C[C@@H]23)O1. The standard InChI is InChI=1S/C50H73N5O8S/c1-10-32-15-12-16-43(63-44-18-17-41(54(5)6)29(4)60-44)28(3)49-39-22-35-34-20-33(62-50-48(58-9)47(57-8)46(56-7)27(2)26-59-50)21-38(34)42(23-36(35)37(39)24-45(61-32)64-49)55-25-40(52-53-55)30-13-11-14-31(51)19-30/h11,13-14,19,22-23,25,27-29,32-38,41,43-44,46-48,50H,10,12,15-18,20-21,24,26,51H2,1-9H3/t27?,28-,29?,32+,33+,34+,35+,36-,37+,38-,41+,43+,44+,46+,47?,48?,50+/m1/s1. The van der Waals surface area contributed by atoms with Crippen LogP contribution in [-0.2, 0) is 37.9 Å². The summed E-state index contributed by atoms with van der Waals surface area (Å²) in [7, 11) is 11.3. The number of ether oxygens (including phenoxy) is 8. The van der Waals surface area contributed by atoms with Crippen LogP contribution in [0.1, 0.15) is 85.5 Å². The third-order valence-electron chi connectivity index (χ3n) is 15.8. The van der Waals surface area contributed by atoms with Crippen molar-refractivity contribution in [2.75, 3.05) is 47.8 Å². The smallest absolute Gasteiger partial charge is 0.186 e. The van der Waals surface area contributed by atoms with Crippen molar-refractivity contribution in [3.63, 3.8) is 0 Å². The van der Waals surface area contributed by atoms with Gasteiger partial charge >= 0.3 is 0 Å². The zero-order valence-corrected chi connectivity index (χ0v) is 40.3. The first-order valence-electron chi connectivity index (χ1n) is 24.1. The quantitative estimate of drug-likeness (QED) is 0.177. The Labute approximate surface area is 384 Å². The first kappa shape index (κ1) is 46.4. The maximum Gasteiger partial charge on any atom is 0.186 e. The molecule has 352 valence electrons. The first-order valence-corrected chi connectivity index (χ1v) is 24.9. The van der Waals surface area contributed by atoms with Gasteiger partial charge in [-0.1, -0.05) is 50.3 Å².